The third kappa shape index (κ3) is 7.10. The van der Waals surface area contributed by atoms with Gasteiger partial charge < -0.3 is 26.6 Å². The van der Waals surface area contributed by atoms with E-state index in [9.17, 15) is 19.5 Å². The fourth-order valence-corrected chi connectivity index (χ4v) is 2.34. The van der Waals surface area contributed by atoms with Gasteiger partial charge in [0.15, 0.2) is 0 Å². The van der Waals surface area contributed by atoms with Gasteiger partial charge in [-0.3, -0.25) is 14.4 Å². The van der Waals surface area contributed by atoms with E-state index in [4.69, 9.17) is 10.8 Å². The number of aromatic hydroxyl groups is 1. The zero-order valence-electron chi connectivity index (χ0n) is 15.2. The van der Waals surface area contributed by atoms with Crippen molar-refractivity contribution >= 4 is 17.8 Å². The third-order valence-corrected chi connectivity index (χ3v) is 3.80. The van der Waals surface area contributed by atoms with E-state index in [1.807, 2.05) is 13.8 Å². The van der Waals surface area contributed by atoms with Crippen molar-refractivity contribution in [2.45, 2.75) is 51.7 Å². The number of hydrogen-bond acceptors (Lipinski definition) is 5. The van der Waals surface area contributed by atoms with Gasteiger partial charge in [0.2, 0.25) is 11.8 Å². The highest BCUT2D eigenvalue weighted by Crippen LogP contribution is 2.11. The number of phenolic OH excluding ortho intramolecular Hbond substituents is 1. The van der Waals surface area contributed by atoms with Gasteiger partial charge in [0.25, 0.3) is 0 Å². The van der Waals surface area contributed by atoms with Crippen molar-refractivity contribution in [3.8, 4) is 5.75 Å². The first-order valence-electron chi connectivity index (χ1n) is 8.47. The first kappa shape index (κ1) is 21.4. The molecule has 1 aromatic carbocycles. The lowest BCUT2D eigenvalue weighted by Crippen LogP contribution is -2.54. The first-order valence-corrected chi connectivity index (χ1v) is 8.47. The molecule has 6 N–H and O–H groups in total. The second-order valence-electron chi connectivity index (χ2n) is 6.74. The van der Waals surface area contributed by atoms with Crippen LogP contribution in [0.5, 0.6) is 5.75 Å². The Morgan fingerprint density at radius 1 is 1.04 bits per heavy atom. The van der Waals surface area contributed by atoms with Crippen molar-refractivity contribution in [2.75, 3.05) is 0 Å². The molecule has 3 atom stereocenters. The summed E-state index contributed by atoms with van der Waals surface area (Å²) in [5, 5.41) is 23.2. The number of nitrogens with two attached hydrogens (primary N) is 1. The summed E-state index contributed by atoms with van der Waals surface area (Å²) in [4.78, 5) is 35.5. The number of carbonyl (C=O) groups excluding carboxylic acids is 2. The van der Waals surface area contributed by atoms with Gasteiger partial charge in [-0.05, 0) is 43.4 Å². The van der Waals surface area contributed by atoms with Crippen LogP contribution >= 0.6 is 0 Å². The maximum atomic E-state index is 12.3. The minimum Gasteiger partial charge on any atom is -0.508 e. The Morgan fingerprint density at radius 2 is 1.62 bits per heavy atom. The maximum absolute atomic E-state index is 12.3. The second kappa shape index (κ2) is 9.76. The van der Waals surface area contributed by atoms with Crippen LogP contribution in [0.15, 0.2) is 24.3 Å². The van der Waals surface area contributed by atoms with E-state index in [0.29, 0.717) is 6.42 Å². The number of rotatable bonds is 9. The highest BCUT2D eigenvalue weighted by Gasteiger charge is 2.26. The molecule has 144 valence electrons. The van der Waals surface area contributed by atoms with Crippen LogP contribution in [0.25, 0.3) is 0 Å². The number of carbonyl (C=O) groups is 3. The van der Waals surface area contributed by atoms with Gasteiger partial charge in [-0.1, -0.05) is 26.0 Å². The third-order valence-electron chi connectivity index (χ3n) is 3.80. The Labute approximate surface area is 152 Å². The molecule has 26 heavy (non-hydrogen) atoms. The Kier molecular flexibility index (Phi) is 8.05. The van der Waals surface area contributed by atoms with Gasteiger partial charge in [-0.25, -0.2) is 0 Å². The molecular weight excluding hydrogens is 338 g/mol. The number of nitrogens with one attached hydrogen (secondary N) is 2. The van der Waals surface area contributed by atoms with Crippen molar-refractivity contribution in [3.63, 3.8) is 0 Å². The van der Waals surface area contributed by atoms with Crippen LogP contribution in [0, 0.1) is 5.92 Å². The molecule has 0 aliphatic rings. The number of aliphatic carboxylic acids is 1. The Bertz CT molecular complexity index is 630. The summed E-state index contributed by atoms with van der Waals surface area (Å²) < 4.78 is 0. The second-order valence-corrected chi connectivity index (χ2v) is 6.74. The molecule has 8 nitrogen and oxygen atoms in total. The smallest absolute Gasteiger partial charge is 0.325 e. The standard InChI is InChI=1S/C18H27N3O5/c1-10(2)8-15(17(24)20-11(3)18(25)26)21-16(23)14(19)9-12-4-6-13(22)7-5-12/h4-7,10-11,14-15,22H,8-9,19H2,1-3H3,(H,20,24)(H,21,23)(H,25,26). The van der Waals surface area contributed by atoms with Crippen LogP contribution < -0.4 is 16.4 Å². The summed E-state index contributed by atoms with van der Waals surface area (Å²) in [5.41, 5.74) is 6.69. The lowest BCUT2D eigenvalue weighted by molar-refractivity contribution is -0.141. The lowest BCUT2D eigenvalue weighted by Gasteiger charge is -2.23. The maximum Gasteiger partial charge on any atom is 0.325 e. The van der Waals surface area contributed by atoms with Crippen LogP contribution in [0.1, 0.15) is 32.8 Å². The number of carboxylic acids is 1. The van der Waals surface area contributed by atoms with Crippen molar-refractivity contribution in [1.82, 2.24) is 10.6 Å². The number of phenols is 1. The van der Waals surface area contributed by atoms with E-state index in [2.05, 4.69) is 10.6 Å². The van der Waals surface area contributed by atoms with Crippen LogP contribution in [-0.4, -0.2) is 46.1 Å². The monoisotopic (exact) mass is 365 g/mol. The average Bonchev–Trinajstić information content (AvgIpc) is 2.55. The number of carboxylic acid groups (broad SMARTS) is 1. The summed E-state index contributed by atoms with van der Waals surface area (Å²) in [5.74, 6) is -1.98. The van der Waals surface area contributed by atoms with Crippen molar-refractivity contribution in [2.24, 2.45) is 11.7 Å². The minimum atomic E-state index is -1.16. The predicted molar refractivity (Wildman–Crippen MR) is 96.4 cm³/mol. The quantitative estimate of drug-likeness (QED) is 0.428. The molecule has 0 saturated carbocycles. The lowest BCUT2D eigenvalue weighted by atomic mass is 10.0. The van der Waals surface area contributed by atoms with E-state index in [0.717, 1.165) is 5.56 Å². The number of hydrogen-bond donors (Lipinski definition) is 5. The van der Waals surface area contributed by atoms with E-state index in [-0.39, 0.29) is 18.1 Å². The van der Waals surface area contributed by atoms with Crippen LogP contribution in [0.3, 0.4) is 0 Å². The molecule has 0 heterocycles. The zero-order valence-corrected chi connectivity index (χ0v) is 15.2. The molecule has 0 aliphatic heterocycles. The van der Waals surface area contributed by atoms with Gasteiger partial charge in [0, 0.05) is 0 Å². The fourth-order valence-electron chi connectivity index (χ4n) is 2.34. The zero-order chi connectivity index (χ0) is 19.9. The molecule has 0 bridgehead atoms. The molecule has 0 spiro atoms. The minimum absolute atomic E-state index is 0.111. The van der Waals surface area contributed by atoms with Crippen molar-refractivity contribution < 1.29 is 24.6 Å². The molecule has 0 radical (unpaired) electrons. The average molecular weight is 365 g/mol. The Balaban J connectivity index is 2.72. The normalized spacial score (nSPS) is 14.3. The number of amides is 2. The summed E-state index contributed by atoms with van der Waals surface area (Å²) >= 11 is 0. The fraction of sp³-hybridized carbons (Fsp3) is 0.500. The van der Waals surface area contributed by atoms with Gasteiger partial charge in [-0.2, -0.15) is 0 Å². The molecule has 1 aromatic rings. The summed E-state index contributed by atoms with van der Waals surface area (Å²) in [6, 6.07) is 3.53. The van der Waals surface area contributed by atoms with Gasteiger partial charge in [0.05, 0.1) is 6.04 Å². The SMILES string of the molecule is CC(C)CC(NC(=O)C(N)Cc1ccc(O)cc1)C(=O)NC(C)C(=O)O. The topological polar surface area (TPSA) is 142 Å². The molecule has 2 amide bonds. The highest BCUT2D eigenvalue weighted by molar-refractivity contribution is 5.91. The van der Waals surface area contributed by atoms with E-state index in [1.165, 1.54) is 19.1 Å². The Morgan fingerprint density at radius 3 is 2.12 bits per heavy atom. The predicted octanol–water partition coefficient (Wildman–Crippen LogP) is 0.382. The summed E-state index contributed by atoms with van der Waals surface area (Å²) in [7, 11) is 0. The Hall–Kier alpha value is -2.61. The highest BCUT2D eigenvalue weighted by atomic mass is 16.4. The number of benzene rings is 1. The molecule has 1 rings (SSSR count). The summed E-state index contributed by atoms with van der Waals surface area (Å²) in [6.07, 6.45) is 0.601. The first-order chi connectivity index (χ1) is 12.1. The van der Waals surface area contributed by atoms with Crippen molar-refractivity contribution in [1.29, 1.82) is 0 Å². The molecule has 0 fully saturated rings. The largest absolute Gasteiger partial charge is 0.508 e. The van der Waals surface area contributed by atoms with Gasteiger partial charge >= 0.3 is 5.97 Å². The van der Waals surface area contributed by atoms with Gasteiger partial charge in [-0.15, -0.1) is 0 Å². The molecular formula is C18H27N3O5. The molecule has 0 saturated heterocycles. The van der Waals surface area contributed by atoms with Gasteiger partial charge in [0.1, 0.15) is 17.8 Å². The summed E-state index contributed by atoms with van der Waals surface area (Å²) in [6.45, 7) is 5.14. The van der Waals surface area contributed by atoms with E-state index in [1.54, 1.807) is 12.1 Å². The molecule has 8 heteroatoms. The van der Waals surface area contributed by atoms with E-state index < -0.39 is 35.9 Å². The van der Waals surface area contributed by atoms with Crippen LogP contribution in [0.2, 0.25) is 0 Å². The molecule has 0 aromatic heterocycles. The van der Waals surface area contributed by atoms with Crippen LogP contribution in [0.4, 0.5) is 0 Å². The van der Waals surface area contributed by atoms with Crippen molar-refractivity contribution in [3.05, 3.63) is 29.8 Å². The van der Waals surface area contributed by atoms with Crippen LogP contribution in [-0.2, 0) is 20.8 Å². The molecule has 0 aliphatic carbocycles. The molecule has 3 unspecified atom stereocenters. The van der Waals surface area contributed by atoms with E-state index >= 15 is 0 Å².